The first kappa shape index (κ1) is 27.5. The lowest BCUT2D eigenvalue weighted by Crippen LogP contribution is -2.81. The van der Waals surface area contributed by atoms with E-state index in [1.165, 1.54) is 4.90 Å². The standard InChI is InChI=1S/C28H32N8O6/c29-24-33-23-19(14-35-21(37)11-12-22(35)38)32-25(30)36-15-20(28(40,41)27(23,36)34-24)42-26(39)31-13-18(16-7-3-1-4-8-16)17-9-5-2-6-10-17/h1-10,18-20,23,40-41H,11-15H2,(H2,30,32)(H,31,39)(H3,29,33,34)/t19-,20-,23?,27?/m0/s1. The highest BCUT2D eigenvalue weighted by Crippen LogP contribution is 2.44. The van der Waals surface area contributed by atoms with E-state index in [0.29, 0.717) is 0 Å². The van der Waals surface area contributed by atoms with Crippen molar-refractivity contribution in [1.29, 1.82) is 10.8 Å². The summed E-state index contributed by atoms with van der Waals surface area (Å²) in [6, 6.07) is 17.4. The van der Waals surface area contributed by atoms with Gasteiger partial charge >= 0.3 is 6.09 Å². The quantitative estimate of drug-likeness (QED) is 0.152. The lowest BCUT2D eigenvalue weighted by atomic mass is 9.85. The molecule has 4 aliphatic rings. The molecule has 0 bridgehead atoms. The van der Waals surface area contributed by atoms with Gasteiger partial charge in [0, 0.05) is 25.3 Å². The van der Waals surface area contributed by atoms with Crippen LogP contribution in [0.15, 0.2) is 60.7 Å². The molecule has 1 spiro atoms. The average Bonchev–Trinajstić information content (AvgIpc) is 3.57. The number of aliphatic hydroxyl groups is 2. The SMILES string of the molecule is N=C1NC2[C@H](CN3C(=O)CCC3=O)NC(=N)N3C[C@H](OC(=O)NCC(c4ccccc4)c4ccccc4)C(O)(O)C23N1. The van der Waals surface area contributed by atoms with Gasteiger partial charge in [-0.2, -0.15) is 0 Å². The summed E-state index contributed by atoms with van der Waals surface area (Å²) >= 11 is 0. The van der Waals surface area contributed by atoms with Crippen LogP contribution in [0.25, 0.3) is 0 Å². The number of carbonyl (C=O) groups excluding carboxylic acids is 3. The predicted molar refractivity (Wildman–Crippen MR) is 148 cm³/mol. The van der Waals surface area contributed by atoms with Gasteiger partial charge in [-0.3, -0.25) is 25.3 Å². The van der Waals surface area contributed by atoms with Gasteiger partial charge in [-0.25, -0.2) is 4.79 Å². The molecule has 0 radical (unpaired) electrons. The number of rotatable bonds is 7. The fraction of sp³-hybridized carbons (Fsp3) is 0.393. The van der Waals surface area contributed by atoms with Crippen molar-refractivity contribution in [2.45, 2.75) is 48.4 Å². The molecule has 4 saturated heterocycles. The van der Waals surface area contributed by atoms with Gasteiger partial charge < -0.3 is 41.1 Å². The summed E-state index contributed by atoms with van der Waals surface area (Å²) in [5.74, 6) is -4.20. The molecule has 14 heteroatoms. The summed E-state index contributed by atoms with van der Waals surface area (Å²) in [5.41, 5.74) is 0.0510. The number of hydrogen-bond donors (Lipinski definition) is 8. The van der Waals surface area contributed by atoms with Crippen molar-refractivity contribution < 1.29 is 29.3 Å². The Morgan fingerprint density at radius 2 is 1.60 bits per heavy atom. The number of alkyl carbamates (subject to hydrolysis) is 1. The Morgan fingerprint density at radius 1 is 1.00 bits per heavy atom. The zero-order valence-corrected chi connectivity index (χ0v) is 22.5. The smallest absolute Gasteiger partial charge is 0.407 e. The molecule has 0 aromatic heterocycles. The van der Waals surface area contributed by atoms with Crippen molar-refractivity contribution in [3.8, 4) is 0 Å². The van der Waals surface area contributed by atoms with Crippen molar-refractivity contribution in [1.82, 2.24) is 31.1 Å². The minimum atomic E-state index is -2.78. The largest absolute Gasteiger partial charge is 0.438 e. The predicted octanol–water partition coefficient (Wildman–Crippen LogP) is -0.842. The molecule has 2 aromatic rings. The molecular formula is C28H32N8O6. The number of imide groups is 1. The second kappa shape index (κ2) is 10.3. The molecule has 42 heavy (non-hydrogen) atoms. The van der Waals surface area contributed by atoms with E-state index < -0.39 is 35.7 Å². The summed E-state index contributed by atoms with van der Waals surface area (Å²) in [6.07, 6.45) is -2.25. The topological polar surface area (TPSA) is 203 Å². The van der Waals surface area contributed by atoms with E-state index in [-0.39, 0.29) is 62.1 Å². The number of nitrogens with zero attached hydrogens (tertiary/aromatic N) is 2. The minimum absolute atomic E-state index is 0.0802. The lowest BCUT2D eigenvalue weighted by molar-refractivity contribution is -0.257. The third-order valence-corrected chi connectivity index (χ3v) is 8.48. The third kappa shape index (κ3) is 4.39. The van der Waals surface area contributed by atoms with Crippen LogP contribution in [-0.2, 0) is 14.3 Å². The Balaban J connectivity index is 1.20. The van der Waals surface area contributed by atoms with Gasteiger partial charge in [-0.05, 0) is 11.1 Å². The van der Waals surface area contributed by atoms with Gasteiger partial charge in [0.1, 0.15) is 0 Å². The number of likely N-dealkylation sites (tertiary alicyclic amines) is 1. The second-order valence-corrected chi connectivity index (χ2v) is 10.9. The van der Waals surface area contributed by atoms with Crippen LogP contribution in [0.3, 0.4) is 0 Å². The number of nitrogens with one attached hydrogen (secondary N) is 6. The van der Waals surface area contributed by atoms with Crippen molar-refractivity contribution in [3.05, 3.63) is 71.8 Å². The van der Waals surface area contributed by atoms with Crippen molar-refractivity contribution in [2.24, 2.45) is 0 Å². The van der Waals surface area contributed by atoms with Crippen molar-refractivity contribution in [2.75, 3.05) is 19.6 Å². The number of benzene rings is 2. The van der Waals surface area contributed by atoms with E-state index in [1.807, 2.05) is 60.7 Å². The van der Waals surface area contributed by atoms with E-state index >= 15 is 0 Å². The molecule has 8 N–H and O–H groups in total. The van der Waals surface area contributed by atoms with Crippen LogP contribution < -0.4 is 21.3 Å². The molecule has 0 aliphatic carbocycles. The minimum Gasteiger partial charge on any atom is -0.438 e. The van der Waals surface area contributed by atoms with E-state index in [2.05, 4.69) is 21.3 Å². The zero-order chi connectivity index (χ0) is 29.6. The van der Waals surface area contributed by atoms with E-state index in [1.54, 1.807) is 0 Å². The van der Waals surface area contributed by atoms with Gasteiger partial charge in [0.2, 0.25) is 17.6 Å². The van der Waals surface area contributed by atoms with Crippen LogP contribution in [-0.4, -0.2) is 99.1 Å². The highest BCUT2D eigenvalue weighted by molar-refractivity contribution is 6.02. The highest BCUT2D eigenvalue weighted by atomic mass is 16.6. The first-order valence-electron chi connectivity index (χ1n) is 13.7. The highest BCUT2D eigenvalue weighted by Gasteiger charge is 2.75. The van der Waals surface area contributed by atoms with Gasteiger partial charge in [0.15, 0.2) is 23.7 Å². The van der Waals surface area contributed by atoms with Crippen LogP contribution >= 0.6 is 0 Å². The molecule has 14 nitrogen and oxygen atoms in total. The molecule has 2 unspecified atom stereocenters. The second-order valence-electron chi connectivity index (χ2n) is 10.9. The van der Waals surface area contributed by atoms with Crippen LogP contribution in [0.5, 0.6) is 0 Å². The lowest BCUT2D eigenvalue weighted by Gasteiger charge is -2.51. The number of ether oxygens (including phenoxy) is 1. The third-order valence-electron chi connectivity index (χ3n) is 8.48. The molecular weight excluding hydrogens is 544 g/mol. The maximum atomic E-state index is 13.1. The maximum Gasteiger partial charge on any atom is 0.407 e. The average molecular weight is 577 g/mol. The molecule has 4 fully saturated rings. The Labute approximate surface area is 241 Å². The van der Waals surface area contributed by atoms with E-state index in [4.69, 9.17) is 15.6 Å². The van der Waals surface area contributed by atoms with Crippen LogP contribution in [0.2, 0.25) is 0 Å². The molecule has 6 rings (SSSR count). The fourth-order valence-corrected chi connectivity index (χ4v) is 6.45. The maximum absolute atomic E-state index is 13.1. The van der Waals surface area contributed by atoms with Gasteiger partial charge in [-0.15, -0.1) is 0 Å². The van der Waals surface area contributed by atoms with Crippen molar-refractivity contribution in [3.63, 3.8) is 0 Å². The molecule has 3 amide bonds. The molecule has 4 aliphatic heterocycles. The zero-order valence-electron chi connectivity index (χ0n) is 22.5. The van der Waals surface area contributed by atoms with Gasteiger partial charge in [0.25, 0.3) is 0 Å². The monoisotopic (exact) mass is 576 g/mol. The Kier molecular flexibility index (Phi) is 6.74. The molecule has 0 saturated carbocycles. The first-order valence-corrected chi connectivity index (χ1v) is 13.7. The van der Waals surface area contributed by atoms with Crippen LogP contribution in [0.1, 0.15) is 29.9 Å². The molecule has 4 heterocycles. The number of amides is 3. The Morgan fingerprint density at radius 3 is 2.19 bits per heavy atom. The molecule has 2 aromatic carbocycles. The molecule has 4 atom stereocenters. The normalized spacial score (nSPS) is 27.7. The summed E-state index contributed by atoms with van der Waals surface area (Å²) in [6.45, 7) is -0.257. The summed E-state index contributed by atoms with van der Waals surface area (Å²) in [4.78, 5) is 40.0. The van der Waals surface area contributed by atoms with E-state index in [9.17, 15) is 24.6 Å². The first-order chi connectivity index (χ1) is 20.1. The molecule has 220 valence electrons. The van der Waals surface area contributed by atoms with Crippen LogP contribution in [0, 0.1) is 10.8 Å². The van der Waals surface area contributed by atoms with Gasteiger partial charge in [-0.1, -0.05) is 60.7 Å². The van der Waals surface area contributed by atoms with E-state index in [0.717, 1.165) is 16.0 Å². The van der Waals surface area contributed by atoms with Crippen molar-refractivity contribution >= 4 is 29.8 Å². The summed E-state index contributed by atoms with van der Waals surface area (Å²) in [7, 11) is 0. The Bertz CT molecular complexity index is 1370. The fourth-order valence-electron chi connectivity index (χ4n) is 6.45. The van der Waals surface area contributed by atoms with Crippen LogP contribution in [0.4, 0.5) is 4.79 Å². The summed E-state index contributed by atoms with van der Waals surface area (Å²) in [5, 5.41) is 51.2. The number of carbonyl (C=O) groups is 3. The Hall–Kier alpha value is -4.69. The summed E-state index contributed by atoms with van der Waals surface area (Å²) < 4.78 is 5.56. The number of guanidine groups is 2. The number of hydrogen-bond acceptors (Lipinski definition) is 8. The van der Waals surface area contributed by atoms with Gasteiger partial charge in [0.05, 0.1) is 25.2 Å².